The fraction of sp³-hybridized carbons (Fsp3) is 0.538. The summed E-state index contributed by atoms with van der Waals surface area (Å²) in [6, 6.07) is 1.97. The number of aromatic nitrogens is 1. The van der Waals surface area contributed by atoms with Gasteiger partial charge in [-0.2, -0.15) is 0 Å². The molecule has 0 unspecified atom stereocenters. The molecule has 1 amide bonds. The van der Waals surface area contributed by atoms with Crippen molar-refractivity contribution >= 4 is 5.91 Å². The van der Waals surface area contributed by atoms with Crippen LogP contribution in [0.2, 0.25) is 0 Å². The molecular weight excluding hydrogens is 230 g/mol. The van der Waals surface area contributed by atoms with E-state index in [2.05, 4.69) is 10.3 Å². The predicted octanol–water partition coefficient (Wildman–Crippen LogP) is 0.338. The summed E-state index contributed by atoms with van der Waals surface area (Å²) in [5.41, 5.74) is 2.32. The first-order valence-electron chi connectivity index (χ1n) is 6.23. The van der Waals surface area contributed by atoms with E-state index in [0.29, 0.717) is 39.4 Å². The molecule has 0 saturated carbocycles. The number of rotatable bonds is 4. The van der Waals surface area contributed by atoms with Crippen molar-refractivity contribution in [1.82, 2.24) is 15.2 Å². The van der Waals surface area contributed by atoms with Crippen molar-refractivity contribution in [2.75, 3.05) is 32.8 Å². The highest BCUT2D eigenvalue weighted by Crippen LogP contribution is 2.04. The predicted molar refractivity (Wildman–Crippen MR) is 68.1 cm³/mol. The monoisotopic (exact) mass is 249 g/mol. The van der Waals surface area contributed by atoms with Gasteiger partial charge < -0.3 is 15.0 Å². The van der Waals surface area contributed by atoms with Crippen molar-refractivity contribution in [3.8, 4) is 0 Å². The van der Waals surface area contributed by atoms with Crippen LogP contribution in [0.15, 0.2) is 18.5 Å². The van der Waals surface area contributed by atoms with Crippen molar-refractivity contribution in [3.63, 3.8) is 0 Å². The van der Waals surface area contributed by atoms with Crippen molar-refractivity contribution in [1.29, 1.82) is 0 Å². The first-order valence-corrected chi connectivity index (χ1v) is 6.23. The second-order valence-corrected chi connectivity index (χ2v) is 4.40. The van der Waals surface area contributed by atoms with Crippen LogP contribution < -0.4 is 5.32 Å². The maximum absolute atomic E-state index is 11.9. The number of nitrogens with one attached hydrogen (secondary N) is 1. The largest absolute Gasteiger partial charge is 0.378 e. The Balaban J connectivity index is 1.75. The lowest BCUT2D eigenvalue weighted by atomic mass is 10.1. The molecule has 1 fully saturated rings. The molecule has 2 heterocycles. The molecule has 0 atom stereocenters. The average molecular weight is 249 g/mol. The second-order valence-electron chi connectivity index (χ2n) is 4.40. The Morgan fingerprint density at radius 2 is 2.28 bits per heavy atom. The summed E-state index contributed by atoms with van der Waals surface area (Å²) >= 11 is 0. The molecule has 1 aromatic heterocycles. The maximum Gasteiger partial charge on any atom is 0.236 e. The Hall–Kier alpha value is -1.46. The summed E-state index contributed by atoms with van der Waals surface area (Å²) in [5, 5.41) is 3.18. The van der Waals surface area contributed by atoms with Gasteiger partial charge in [-0.15, -0.1) is 0 Å². The highest BCUT2D eigenvalue weighted by atomic mass is 16.5. The maximum atomic E-state index is 11.9. The summed E-state index contributed by atoms with van der Waals surface area (Å²) in [5.74, 6) is 0.144. The molecule has 5 heteroatoms. The smallest absolute Gasteiger partial charge is 0.236 e. The van der Waals surface area contributed by atoms with Gasteiger partial charge in [0.15, 0.2) is 0 Å². The zero-order valence-corrected chi connectivity index (χ0v) is 10.7. The van der Waals surface area contributed by atoms with Crippen LogP contribution in [-0.2, 0) is 16.1 Å². The lowest BCUT2D eigenvalue weighted by Crippen LogP contribution is -2.44. The quantitative estimate of drug-likeness (QED) is 0.836. The van der Waals surface area contributed by atoms with E-state index in [-0.39, 0.29) is 5.91 Å². The SMILES string of the molecule is Cc1cnccc1CNCC(=O)N1CCOCC1. The second kappa shape index (κ2) is 6.47. The minimum absolute atomic E-state index is 0.144. The van der Waals surface area contributed by atoms with Gasteiger partial charge in [0.1, 0.15) is 0 Å². The zero-order chi connectivity index (χ0) is 12.8. The molecular formula is C13H19N3O2. The van der Waals surface area contributed by atoms with Crippen LogP contribution >= 0.6 is 0 Å². The molecule has 0 bridgehead atoms. The Morgan fingerprint density at radius 1 is 1.50 bits per heavy atom. The van der Waals surface area contributed by atoms with Crippen LogP contribution in [0.3, 0.4) is 0 Å². The third kappa shape index (κ3) is 3.51. The van der Waals surface area contributed by atoms with Crippen LogP contribution in [0.4, 0.5) is 0 Å². The summed E-state index contributed by atoms with van der Waals surface area (Å²) in [4.78, 5) is 17.8. The topological polar surface area (TPSA) is 54.5 Å². The van der Waals surface area contributed by atoms with E-state index in [9.17, 15) is 4.79 Å². The Bertz CT molecular complexity index is 403. The van der Waals surface area contributed by atoms with Gasteiger partial charge in [-0.05, 0) is 24.1 Å². The van der Waals surface area contributed by atoms with Gasteiger partial charge in [0, 0.05) is 32.0 Å². The molecule has 1 N–H and O–H groups in total. The fourth-order valence-electron chi connectivity index (χ4n) is 1.93. The lowest BCUT2D eigenvalue weighted by Gasteiger charge is -2.27. The van der Waals surface area contributed by atoms with Crippen molar-refractivity contribution in [3.05, 3.63) is 29.6 Å². The van der Waals surface area contributed by atoms with Gasteiger partial charge in [-0.1, -0.05) is 0 Å². The van der Waals surface area contributed by atoms with Crippen molar-refractivity contribution < 1.29 is 9.53 Å². The van der Waals surface area contributed by atoms with E-state index in [1.807, 2.05) is 24.1 Å². The van der Waals surface area contributed by atoms with E-state index in [0.717, 1.165) is 5.56 Å². The number of carbonyl (C=O) groups excluding carboxylic acids is 1. The fourth-order valence-corrected chi connectivity index (χ4v) is 1.93. The normalized spacial score (nSPS) is 15.7. The van der Waals surface area contributed by atoms with Crippen LogP contribution in [0.1, 0.15) is 11.1 Å². The van der Waals surface area contributed by atoms with Crippen molar-refractivity contribution in [2.24, 2.45) is 0 Å². The van der Waals surface area contributed by atoms with E-state index in [4.69, 9.17) is 4.74 Å². The summed E-state index contributed by atoms with van der Waals surface area (Å²) in [6.07, 6.45) is 3.61. The third-order valence-corrected chi connectivity index (χ3v) is 3.09. The number of carbonyl (C=O) groups is 1. The van der Waals surface area contributed by atoms with Crippen LogP contribution in [0, 0.1) is 6.92 Å². The zero-order valence-electron chi connectivity index (χ0n) is 10.7. The molecule has 0 aliphatic carbocycles. The number of ether oxygens (including phenoxy) is 1. The molecule has 18 heavy (non-hydrogen) atoms. The number of aryl methyl sites for hydroxylation is 1. The van der Waals surface area contributed by atoms with E-state index >= 15 is 0 Å². The van der Waals surface area contributed by atoms with Crippen LogP contribution in [0.25, 0.3) is 0 Å². The molecule has 0 spiro atoms. The van der Waals surface area contributed by atoms with Gasteiger partial charge >= 0.3 is 0 Å². The Labute approximate surface area is 107 Å². The molecule has 1 aromatic rings. The standard InChI is InChI=1S/C13H19N3O2/c1-11-8-14-3-2-12(11)9-15-10-13(17)16-4-6-18-7-5-16/h2-3,8,15H,4-7,9-10H2,1H3. The molecule has 0 radical (unpaired) electrons. The van der Waals surface area contributed by atoms with Gasteiger partial charge in [0.25, 0.3) is 0 Å². The number of hydrogen-bond donors (Lipinski definition) is 1. The third-order valence-electron chi connectivity index (χ3n) is 3.09. The number of morpholine rings is 1. The van der Waals surface area contributed by atoms with E-state index in [1.54, 1.807) is 6.20 Å². The lowest BCUT2D eigenvalue weighted by molar-refractivity contribution is -0.134. The molecule has 1 aliphatic rings. The van der Waals surface area contributed by atoms with Gasteiger partial charge in [0.2, 0.25) is 5.91 Å². The highest BCUT2D eigenvalue weighted by Gasteiger charge is 2.15. The van der Waals surface area contributed by atoms with Crippen molar-refractivity contribution in [2.45, 2.75) is 13.5 Å². The Kier molecular flexibility index (Phi) is 4.66. The van der Waals surface area contributed by atoms with Gasteiger partial charge in [0.05, 0.1) is 19.8 Å². The first kappa shape index (κ1) is 13.0. The number of amides is 1. The van der Waals surface area contributed by atoms with E-state index in [1.165, 1.54) is 5.56 Å². The van der Waals surface area contributed by atoms with Gasteiger partial charge in [-0.25, -0.2) is 0 Å². The molecule has 0 aromatic carbocycles. The summed E-state index contributed by atoms with van der Waals surface area (Å²) in [7, 11) is 0. The minimum Gasteiger partial charge on any atom is -0.378 e. The minimum atomic E-state index is 0.144. The molecule has 98 valence electrons. The molecule has 1 saturated heterocycles. The number of pyridine rings is 1. The highest BCUT2D eigenvalue weighted by molar-refractivity contribution is 5.78. The van der Waals surface area contributed by atoms with E-state index < -0.39 is 0 Å². The summed E-state index contributed by atoms with van der Waals surface area (Å²) < 4.78 is 5.22. The molecule has 5 nitrogen and oxygen atoms in total. The van der Waals surface area contributed by atoms with Gasteiger partial charge in [-0.3, -0.25) is 9.78 Å². The average Bonchev–Trinajstić information content (AvgIpc) is 2.42. The molecule has 1 aliphatic heterocycles. The molecule has 2 rings (SSSR count). The first-order chi connectivity index (χ1) is 8.77. The van der Waals surface area contributed by atoms with Crippen LogP contribution in [-0.4, -0.2) is 48.6 Å². The summed E-state index contributed by atoms with van der Waals surface area (Å²) in [6.45, 7) is 5.80. The number of hydrogen-bond acceptors (Lipinski definition) is 4. The Morgan fingerprint density at radius 3 is 3.00 bits per heavy atom. The van der Waals surface area contributed by atoms with Crippen LogP contribution in [0.5, 0.6) is 0 Å². The number of nitrogens with zero attached hydrogens (tertiary/aromatic N) is 2.